The summed E-state index contributed by atoms with van der Waals surface area (Å²) in [7, 11) is -2.03. The Hall–Kier alpha value is 0.274. The second kappa shape index (κ2) is 11.0. The van der Waals surface area contributed by atoms with E-state index in [1.807, 2.05) is 0 Å². The van der Waals surface area contributed by atoms with E-state index >= 15 is 0 Å². The Kier molecular flexibility index (Phi) is 11.1. The van der Waals surface area contributed by atoms with Crippen molar-refractivity contribution in [1.29, 1.82) is 0 Å². The van der Waals surface area contributed by atoms with Crippen LogP contribution in [0, 0.1) is 5.41 Å². The summed E-state index contributed by atoms with van der Waals surface area (Å²) in [6.45, 7) is 16.0. The van der Waals surface area contributed by atoms with Gasteiger partial charge in [-0.05, 0) is 12.8 Å². The number of hydrogen-bond donors (Lipinski definition) is 2. The van der Waals surface area contributed by atoms with E-state index in [9.17, 15) is 10.2 Å². The van der Waals surface area contributed by atoms with E-state index in [4.69, 9.17) is 9.47 Å². The molecule has 0 aromatic rings. The Morgan fingerprint density at radius 3 is 1.30 bits per heavy atom. The monoisotopic (exact) mass is 364 g/mol. The summed E-state index contributed by atoms with van der Waals surface area (Å²) in [6, 6.07) is 2.48. The van der Waals surface area contributed by atoms with Crippen molar-refractivity contribution in [2.24, 2.45) is 5.41 Å². The minimum absolute atomic E-state index is 0.106. The predicted octanol–water partition coefficient (Wildman–Crippen LogP) is 3.45. The topological polar surface area (TPSA) is 58.9 Å². The normalized spacial score (nSPS) is 13.6. The molecule has 140 valence electrons. The van der Waals surface area contributed by atoms with E-state index in [0.29, 0.717) is 26.4 Å². The van der Waals surface area contributed by atoms with Crippen LogP contribution in [0.15, 0.2) is 0 Å². The first-order valence-corrected chi connectivity index (χ1v) is 16.3. The Bertz CT molecular complexity index is 268. The fraction of sp³-hybridized carbons (Fsp3) is 1.00. The molecule has 0 saturated carbocycles. The minimum Gasteiger partial charge on any atom is -0.396 e. The molecular weight excluding hydrogens is 324 g/mol. The molecule has 0 aromatic carbocycles. The number of aliphatic hydroxyl groups is 2. The molecule has 0 bridgehead atoms. The van der Waals surface area contributed by atoms with E-state index in [1.54, 1.807) is 0 Å². The molecule has 0 rings (SSSR count). The third-order valence-corrected chi connectivity index (χ3v) is 7.63. The van der Waals surface area contributed by atoms with Crippen LogP contribution in [0.25, 0.3) is 0 Å². The summed E-state index contributed by atoms with van der Waals surface area (Å²) in [5.74, 6) is 0. The summed E-state index contributed by atoms with van der Waals surface area (Å²) in [5, 5.41) is 19.3. The van der Waals surface area contributed by atoms with Gasteiger partial charge in [-0.3, -0.25) is 0 Å². The fourth-order valence-corrected chi connectivity index (χ4v) is 4.67. The lowest BCUT2D eigenvalue weighted by molar-refractivity contribution is -0.0766. The van der Waals surface area contributed by atoms with Crippen LogP contribution >= 0.6 is 0 Å². The maximum absolute atomic E-state index is 9.64. The van der Waals surface area contributed by atoms with Crippen molar-refractivity contribution in [3.8, 4) is 0 Å². The Morgan fingerprint density at radius 2 is 1.04 bits per heavy atom. The zero-order chi connectivity index (χ0) is 18.0. The van der Waals surface area contributed by atoms with Gasteiger partial charge in [-0.25, -0.2) is 0 Å². The zero-order valence-corrected chi connectivity index (χ0v) is 18.3. The van der Waals surface area contributed by atoms with Crippen LogP contribution in [0.3, 0.4) is 0 Å². The molecule has 2 N–H and O–H groups in total. The van der Waals surface area contributed by atoms with Crippen LogP contribution in [0.2, 0.25) is 51.4 Å². The van der Waals surface area contributed by atoms with Crippen LogP contribution in [-0.4, -0.2) is 66.0 Å². The molecule has 0 heterocycles. The quantitative estimate of drug-likeness (QED) is 0.366. The predicted molar refractivity (Wildman–Crippen MR) is 104 cm³/mol. The van der Waals surface area contributed by atoms with E-state index in [2.05, 4.69) is 39.3 Å². The lowest BCUT2D eigenvalue weighted by Gasteiger charge is -2.29. The second-order valence-corrected chi connectivity index (χ2v) is 20.5. The van der Waals surface area contributed by atoms with Crippen molar-refractivity contribution in [2.45, 2.75) is 64.2 Å². The highest BCUT2D eigenvalue weighted by Gasteiger charge is 2.30. The molecular formula is C17H40O4Si2. The van der Waals surface area contributed by atoms with Gasteiger partial charge >= 0.3 is 0 Å². The van der Waals surface area contributed by atoms with E-state index in [1.165, 1.54) is 12.1 Å². The second-order valence-electron chi connectivity index (χ2n) is 9.25. The van der Waals surface area contributed by atoms with Crippen LogP contribution < -0.4 is 0 Å². The highest BCUT2D eigenvalue weighted by atomic mass is 28.3. The van der Waals surface area contributed by atoms with E-state index in [-0.39, 0.29) is 13.2 Å². The number of aliphatic hydroxyl groups excluding tert-OH is 2. The van der Waals surface area contributed by atoms with Gasteiger partial charge in [0, 0.05) is 29.4 Å². The minimum atomic E-state index is -1.02. The standard InChI is InChI=1S/C17H40O4Si2/c1-22(2,3)11-7-9-20-15-17(13-18,14-19)16-21-10-8-12-23(4,5)6/h18-19H,7-16H2,1-6H3. The molecule has 23 heavy (non-hydrogen) atoms. The molecule has 0 aliphatic carbocycles. The lowest BCUT2D eigenvalue weighted by Crippen LogP contribution is -2.40. The maximum Gasteiger partial charge on any atom is 0.0632 e. The highest BCUT2D eigenvalue weighted by Crippen LogP contribution is 2.19. The average molecular weight is 365 g/mol. The van der Waals surface area contributed by atoms with Crippen LogP contribution in [0.1, 0.15) is 12.8 Å². The highest BCUT2D eigenvalue weighted by molar-refractivity contribution is 6.76. The van der Waals surface area contributed by atoms with Crippen LogP contribution in [0.4, 0.5) is 0 Å². The third-order valence-electron chi connectivity index (χ3n) is 3.92. The van der Waals surface area contributed by atoms with Gasteiger partial charge in [0.05, 0.1) is 31.8 Å². The molecule has 0 atom stereocenters. The summed E-state index contributed by atoms with van der Waals surface area (Å²) >= 11 is 0. The van der Waals surface area contributed by atoms with E-state index in [0.717, 1.165) is 12.8 Å². The van der Waals surface area contributed by atoms with Gasteiger partial charge in [-0.1, -0.05) is 51.4 Å². The molecule has 0 unspecified atom stereocenters. The average Bonchev–Trinajstić information content (AvgIpc) is 2.42. The first-order chi connectivity index (χ1) is 10.5. The van der Waals surface area contributed by atoms with Gasteiger partial charge in [-0.15, -0.1) is 0 Å². The van der Waals surface area contributed by atoms with Crippen LogP contribution in [0.5, 0.6) is 0 Å². The maximum atomic E-state index is 9.64. The van der Waals surface area contributed by atoms with Gasteiger partial charge in [0.2, 0.25) is 0 Å². The summed E-state index contributed by atoms with van der Waals surface area (Å²) in [5.41, 5.74) is -0.668. The molecule has 0 aliphatic heterocycles. The molecule has 6 heteroatoms. The summed E-state index contributed by atoms with van der Waals surface area (Å²) in [6.07, 6.45) is 2.11. The number of rotatable bonds is 14. The summed E-state index contributed by atoms with van der Waals surface area (Å²) in [4.78, 5) is 0. The first-order valence-electron chi connectivity index (χ1n) is 8.91. The molecule has 0 saturated heterocycles. The van der Waals surface area contributed by atoms with Crippen molar-refractivity contribution < 1.29 is 19.7 Å². The number of hydrogen-bond acceptors (Lipinski definition) is 4. The summed E-state index contributed by atoms with van der Waals surface area (Å²) < 4.78 is 11.4. The molecule has 0 amide bonds. The van der Waals surface area contributed by atoms with Gasteiger partial charge < -0.3 is 19.7 Å². The smallest absolute Gasteiger partial charge is 0.0632 e. The van der Waals surface area contributed by atoms with Gasteiger partial charge in [0.15, 0.2) is 0 Å². The molecule has 0 aromatic heterocycles. The molecule has 4 nitrogen and oxygen atoms in total. The lowest BCUT2D eigenvalue weighted by atomic mass is 9.92. The molecule has 0 aliphatic rings. The van der Waals surface area contributed by atoms with E-state index < -0.39 is 21.6 Å². The van der Waals surface area contributed by atoms with Crippen molar-refractivity contribution in [1.82, 2.24) is 0 Å². The van der Waals surface area contributed by atoms with Crippen LogP contribution in [-0.2, 0) is 9.47 Å². The fourth-order valence-electron chi connectivity index (χ4n) is 2.26. The zero-order valence-electron chi connectivity index (χ0n) is 16.3. The van der Waals surface area contributed by atoms with Gasteiger partial charge in [0.1, 0.15) is 0 Å². The van der Waals surface area contributed by atoms with Crippen molar-refractivity contribution in [3.63, 3.8) is 0 Å². The van der Waals surface area contributed by atoms with Crippen molar-refractivity contribution in [3.05, 3.63) is 0 Å². The Morgan fingerprint density at radius 1 is 0.696 bits per heavy atom. The largest absolute Gasteiger partial charge is 0.396 e. The number of ether oxygens (including phenoxy) is 2. The van der Waals surface area contributed by atoms with Crippen molar-refractivity contribution >= 4 is 16.1 Å². The van der Waals surface area contributed by atoms with Gasteiger partial charge in [-0.2, -0.15) is 0 Å². The molecule has 0 spiro atoms. The first kappa shape index (κ1) is 23.3. The molecule has 0 fully saturated rings. The Labute approximate surface area is 145 Å². The third kappa shape index (κ3) is 13.3. The van der Waals surface area contributed by atoms with Gasteiger partial charge in [0.25, 0.3) is 0 Å². The Balaban J connectivity index is 4.00. The van der Waals surface area contributed by atoms with Crippen molar-refractivity contribution in [2.75, 3.05) is 39.6 Å². The SMILES string of the molecule is C[Si](C)(C)CCCOCC(CO)(CO)COCCC[Si](C)(C)C. The molecule has 0 radical (unpaired) electrons.